The monoisotopic (exact) mass is 197 g/mol. The van der Waals surface area contributed by atoms with Crippen LogP contribution in [-0.2, 0) is 25.6 Å². The van der Waals surface area contributed by atoms with Crippen molar-refractivity contribution in [2.24, 2.45) is 0 Å². The first-order valence-corrected chi connectivity index (χ1v) is 5.53. The molecule has 0 aromatic heterocycles. The fourth-order valence-corrected chi connectivity index (χ4v) is 1.82. The number of nitrogens with zero attached hydrogens (tertiary/aromatic N) is 1. The molecule has 4 nitrogen and oxygen atoms in total. The lowest BCUT2D eigenvalue weighted by molar-refractivity contribution is -0.124. The second kappa shape index (κ2) is 4.16. The number of carbonyl (C=O) groups is 1. The summed E-state index contributed by atoms with van der Waals surface area (Å²) in [5.74, 6) is -0.156. The Hall–Kier alpha value is 0.0400. The minimum absolute atomic E-state index is 0.156. The Morgan fingerprint density at radius 2 is 1.82 bits per heavy atom. The number of hydrogen-bond acceptors (Lipinski definition) is 4. The summed E-state index contributed by atoms with van der Waals surface area (Å²) in [6.07, 6.45) is 0. The first-order chi connectivity index (χ1) is 4.98. The van der Waals surface area contributed by atoms with Crippen LogP contribution in [0.3, 0.4) is 0 Å². The van der Waals surface area contributed by atoms with Crippen molar-refractivity contribution in [2.45, 2.75) is 6.92 Å². The molecule has 0 aliphatic rings. The molecule has 0 fully saturated rings. The molecular formula is C5H12NO3PS. The van der Waals surface area contributed by atoms with Crippen LogP contribution in [0.2, 0.25) is 0 Å². The fraction of sp³-hybridized carbons (Fsp3) is 0.800. The molecule has 0 aromatic carbocycles. The van der Waals surface area contributed by atoms with Gasteiger partial charge in [-0.2, -0.15) is 0 Å². The van der Waals surface area contributed by atoms with E-state index in [1.54, 1.807) is 7.05 Å². The third-order valence-corrected chi connectivity index (χ3v) is 4.85. The third kappa shape index (κ3) is 2.52. The summed E-state index contributed by atoms with van der Waals surface area (Å²) in [4.78, 5) is 10.8. The summed E-state index contributed by atoms with van der Waals surface area (Å²) < 4.78 is 11.1. The SMILES string of the molecule is COP(=S)(OC)N(C)C(C)=O. The van der Waals surface area contributed by atoms with E-state index in [0.29, 0.717) is 0 Å². The van der Waals surface area contributed by atoms with Gasteiger partial charge in [0.25, 0.3) is 6.64 Å². The van der Waals surface area contributed by atoms with E-state index in [4.69, 9.17) is 20.9 Å². The maximum absolute atomic E-state index is 10.8. The Kier molecular flexibility index (Phi) is 4.18. The summed E-state index contributed by atoms with van der Waals surface area (Å²) in [6.45, 7) is -1.10. The minimum Gasteiger partial charge on any atom is -0.317 e. The van der Waals surface area contributed by atoms with Gasteiger partial charge in [-0.15, -0.1) is 0 Å². The van der Waals surface area contributed by atoms with Crippen LogP contribution < -0.4 is 0 Å². The summed E-state index contributed by atoms with van der Waals surface area (Å²) in [5, 5.41) is 0. The molecule has 0 atom stereocenters. The van der Waals surface area contributed by atoms with Crippen molar-refractivity contribution in [3.63, 3.8) is 0 Å². The molecule has 0 spiro atoms. The summed E-state index contributed by atoms with van der Waals surface area (Å²) >= 11 is 4.97. The highest BCUT2D eigenvalue weighted by atomic mass is 32.5. The zero-order valence-corrected chi connectivity index (χ0v) is 8.74. The summed E-state index contributed by atoms with van der Waals surface area (Å²) in [5.41, 5.74) is 0. The average Bonchev–Trinajstić information content (AvgIpc) is 2.01. The van der Waals surface area contributed by atoms with Gasteiger partial charge in [-0.05, 0) is 11.8 Å². The van der Waals surface area contributed by atoms with Gasteiger partial charge in [-0.25, -0.2) is 0 Å². The fourth-order valence-electron chi connectivity index (χ4n) is 0.492. The van der Waals surface area contributed by atoms with Gasteiger partial charge >= 0.3 is 0 Å². The topological polar surface area (TPSA) is 38.8 Å². The van der Waals surface area contributed by atoms with Gasteiger partial charge in [0.15, 0.2) is 0 Å². The summed E-state index contributed by atoms with van der Waals surface area (Å²) in [7, 11) is 4.43. The Bertz CT molecular complexity index is 188. The van der Waals surface area contributed by atoms with Crippen LogP contribution in [0.5, 0.6) is 0 Å². The molecule has 66 valence electrons. The number of carbonyl (C=O) groups excluding carboxylic acids is 1. The molecule has 0 N–H and O–H groups in total. The largest absolute Gasteiger partial charge is 0.317 e. The Labute approximate surface area is 71.7 Å². The highest BCUT2D eigenvalue weighted by Gasteiger charge is 2.24. The second-order valence-electron chi connectivity index (χ2n) is 1.88. The lowest BCUT2D eigenvalue weighted by Gasteiger charge is -2.26. The van der Waals surface area contributed by atoms with Gasteiger partial charge in [-0.1, -0.05) is 0 Å². The number of hydrogen-bond donors (Lipinski definition) is 0. The minimum atomic E-state index is -2.51. The zero-order chi connectivity index (χ0) is 9.07. The van der Waals surface area contributed by atoms with E-state index in [2.05, 4.69) is 0 Å². The van der Waals surface area contributed by atoms with Gasteiger partial charge < -0.3 is 9.05 Å². The molecule has 0 aromatic rings. The predicted molar refractivity (Wildman–Crippen MR) is 46.7 cm³/mol. The van der Waals surface area contributed by atoms with Crippen molar-refractivity contribution in [1.82, 2.24) is 4.67 Å². The Morgan fingerprint density at radius 3 is 1.91 bits per heavy atom. The van der Waals surface area contributed by atoms with E-state index in [9.17, 15) is 4.79 Å². The van der Waals surface area contributed by atoms with Crippen molar-refractivity contribution in [1.29, 1.82) is 0 Å². The average molecular weight is 197 g/mol. The second-order valence-corrected chi connectivity index (χ2v) is 5.53. The van der Waals surface area contributed by atoms with Crippen molar-refractivity contribution >= 4 is 24.4 Å². The standard InChI is InChI=1S/C5H12NO3PS/c1-5(7)6(2)10(11,8-3)9-4/h1-4H3. The molecular weight excluding hydrogens is 185 g/mol. The van der Waals surface area contributed by atoms with Gasteiger partial charge in [0, 0.05) is 28.2 Å². The smallest absolute Gasteiger partial charge is 0.291 e. The number of rotatable bonds is 3. The van der Waals surface area contributed by atoms with Crippen molar-refractivity contribution < 1.29 is 13.8 Å². The van der Waals surface area contributed by atoms with Gasteiger partial charge in [0.05, 0.1) is 0 Å². The van der Waals surface area contributed by atoms with Crippen LogP contribution in [0.15, 0.2) is 0 Å². The molecule has 0 aliphatic carbocycles. The summed E-state index contributed by atoms with van der Waals surface area (Å²) in [6, 6.07) is 0. The van der Waals surface area contributed by atoms with Crippen molar-refractivity contribution in [3.8, 4) is 0 Å². The van der Waals surface area contributed by atoms with Crippen molar-refractivity contribution in [2.75, 3.05) is 21.3 Å². The van der Waals surface area contributed by atoms with Crippen LogP contribution in [0, 0.1) is 0 Å². The molecule has 0 unspecified atom stereocenters. The van der Waals surface area contributed by atoms with E-state index < -0.39 is 6.64 Å². The first-order valence-electron chi connectivity index (χ1n) is 2.94. The van der Waals surface area contributed by atoms with Gasteiger partial charge in [0.2, 0.25) is 5.91 Å². The van der Waals surface area contributed by atoms with E-state index in [1.807, 2.05) is 0 Å². The van der Waals surface area contributed by atoms with E-state index >= 15 is 0 Å². The van der Waals surface area contributed by atoms with E-state index in [1.165, 1.54) is 25.8 Å². The molecule has 0 rings (SSSR count). The molecule has 0 heterocycles. The van der Waals surface area contributed by atoms with E-state index in [-0.39, 0.29) is 5.91 Å². The van der Waals surface area contributed by atoms with Crippen LogP contribution in [0.1, 0.15) is 6.92 Å². The van der Waals surface area contributed by atoms with Crippen LogP contribution in [0.25, 0.3) is 0 Å². The molecule has 0 radical (unpaired) electrons. The lowest BCUT2D eigenvalue weighted by atomic mass is 10.7. The molecule has 0 aliphatic heterocycles. The number of amides is 1. The normalized spacial score (nSPS) is 11.3. The predicted octanol–water partition coefficient (Wildman–Crippen LogP) is 0.982. The van der Waals surface area contributed by atoms with Crippen LogP contribution in [0.4, 0.5) is 0 Å². The van der Waals surface area contributed by atoms with E-state index in [0.717, 1.165) is 0 Å². The van der Waals surface area contributed by atoms with Gasteiger partial charge in [0.1, 0.15) is 0 Å². The first kappa shape index (κ1) is 11.0. The van der Waals surface area contributed by atoms with Crippen LogP contribution in [-0.4, -0.2) is 31.8 Å². The highest BCUT2D eigenvalue weighted by molar-refractivity contribution is 8.09. The maximum Gasteiger partial charge on any atom is 0.291 e. The zero-order valence-electron chi connectivity index (χ0n) is 7.03. The molecule has 6 heteroatoms. The van der Waals surface area contributed by atoms with Gasteiger partial charge in [-0.3, -0.25) is 9.46 Å². The lowest BCUT2D eigenvalue weighted by Crippen LogP contribution is -2.21. The third-order valence-electron chi connectivity index (χ3n) is 1.28. The van der Waals surface area contributed by atoms with Crippen molar-refractivity contribution in [3.05, 3.63) is 0 Å². The molecule has 0 saturated heterocycles. The molecule has 0 saturated carbocycles. The highest BCUT2D eigenvalue weighted by Crippen LogP contribution is 2.49. The molecule has 1 amide bonds. The quantitative estimate of drug-likeness (QED) is 0.632. The Balaban J connectivity index is 4.51. The van der Waals surface area contributed by atoms with Crippen LogP contribution >= 0.6 is 6.64 Å². The maximum atomic E-state index is 10.8. The molecule has 0 bridgehead atoms. The molecule has 11 heavy (non-hydrogen) atoms. The Morgan fingerprint density at radius 1 is 1.45 bits per heavy atom.